The van der Waals surface area contributed by atoms with Gasteiger partial charge in [0.05, 0.1) is 18.4 Å². The van der Waals surface area contributed by atoms with E-state index in [2.05, 4.69) is 63.3 Å². The summed E-state index contributed by atoms with van der Waals surface area (Å²) in [6, 6.07) is 18.8. The van der Waals surface area contributed by atoms with Gasteiger partial charge >= 0.3 is 12.1 Å². The smallest absolute Gasteiger partial charge is 0.475 e. The first-order chi connectivity index (χ1) is 14.7. The van der Waals surface area contributed by atoms with E-state index in [0.717, 1.165) is 30.2 Å². The number of hydrogen-bond acceptors (Lipinski definition) is 3. The van der Waals surface area contributed by atoms with Gasteiger partial charge in [-0.05, 0) is 29.6 Å². The van der Waals surface area contributed by atoms with E-state index in [9.17, 15) is 13.2 Å². The number of alkyl halides is 3. The van der Waals surface area contributed by atoms with Crippen LogP contribution < -0.4 is 0 Å². The number of fused-ring (bicyclic) bond motifs is 1. The predicted octanol–water partition coefficient (Wildman–Crippen LogP) is 4.82. The first-order valence-electron chi connectivity index (χ1n) is 9.37. The summed E-state index contributed by atoms with van der Waals surface area (Å²) in [5.74, 6) is -1.78. The SMILES string of the molecule is CN(Cc1ncc(-c2ccccc2)[nH]1)Cc1cccc2cc[nH]c12.O=C(O)C(F)(F)F. The van der Waals surface area contributed by atoms with Crippen LogP contribution in [0.1, 0.15) is 11.4 Å². The number of H-pyrrole nitrogens is 2. The van der Waals surface area contributed by atoms with Crippen molar-refractivity contribution >= 4 is 16.9 Å². The summed E-state index contributed by atoms with van der Waals surface area (Å²) in [6.07, 6.45) is -1.18. The van der Waals surface area contributed by atoms with Crippen LogP contribution in [0.4, 0.5) is 13.2 Å². The molecule has 0 atom stereocenters. The van der Waals surface area contributed by atoms with Crippen molar-refractivity contribution in [3.8, 4) is 11.3 Å². The number of rotatable bonds is 5. The van der Waals surface area contributed by atoms with E-state index in [4.69, 9.17) is 9.90 Å². The highest BCUT2D eigenvalue weighted by atomic mass is 19.4. The van der Waals surface area contributed by atoms with Crippen molar-refractivity contribution in [3.05, 3.63) is 78.4 Å². The lowest BCUT2D eigenvalue weighted by Gasteiger charge is -2.15. The Morgan fingerprint density at radius 1 is 1.06 bits per heavy atom. The first-order valence-corrected chi connectivity index (χ1v) is 9.37. The number of carbonyl (C=O) groups is 1. The van der Waals surface area contributed by atoms with Crippen LogP contribution in [0.15, 0.2) is 67.0 Å². The summed E-state index contributed by atoms with van der Waals surface area (Å²) >= 11 is 0. The number of carboxylic acid groups (broad SMARTS) is 1. The third-order valence-electron chi connectivity index (χ3n) is 4.49. The Labute approximate surface area is 176 Å². The maximum atomic E-state index is 10.6. The molecule has 2 heterocycles. The number of aliphatic carboxylic acids is 1. The fourth-order valence-electron chi connectivity index (χ4n) is 3.09. The molecule has 2 aromatic heterocycles. The quantitative estimate of drug-likeness (QED) is 0.424. The van der Waals surface area contributed by atoms with Crippen LogP contribution in [0.3, 0.4) is 0 Å². The monoisotopic (exact) mass is 430 g/mol. The number of halogens is 3. The van der Waals surface area contributed by atoms with Crippen molar-refractivity contribution in [1.82, 2.24) is 19.9 Å². The van der Waals surface area contributed by atoms with Crippen molar-refractivity contribution in [2.45, 2.75) is 19.3 Å². The van der Waals surface area contributed by atoms with E-state index >= 15 is 0 Å². The molecule has 2 aromatic carbocycles. The topological polar surface area (TPSA) is 85.0 Å². The second-order valence-electron chi connectivity index (χ2n) is 6.94. The minimum absolute atomic E-state index is 0.782. The minimum atomic E-state index is -5.08. The van der Waals surface area contributed by atoms with Crippen LogP contribution in [0.2, 0.25) is 0 Å². The molecule has 31 heavy (non-hydrogen) atoms. The van der Waals surface area contributed by atoms with E-state index in [1.807, 2.05) is 30.6 Å². The molecule has 0 aliphatic rings. The molecule has 0 aliphatic heterocycles. The molecule has 0 spiro atoms. The molecule has 162 valence electrons. The number of aromatic nitrogens is 3. The Morgan fingerprint density at radius 2 is 1.77 bits per heavy atom. The molecule has 0 saturated heterocycles. The molecule has 0 fully saturated rings. The molecular weight excluding hydrogens is 409 g/mol. The molecule has 0 aliphatic carbocycles. The Balaban J connectivity index is 0.000000339. The lowest BCUT2D eigenvalue weighted by atomic mass is 10.1. The van der Waals surface area contributed by atoms with Crippen LogP contribution in [-0.4, -0.2) is 44.2 Å². The largest absolute Gasteiger partial charge is 0.490 e. The van der Waals surface area contributed by atoms with E-state index in [1.165, 1.54) is 16.5 Å². The van der Waals surface area contributed by atoms with Crippen LogP contribution in [0, 0.1) is 0 Å². The second kappa shape index (κ2) is 9.48. The summed E-state index contributed by atoms with van der Waals surface area (Å²) in [5, 5.41) is 8.38. The Bertz CT molecular complexity index is 1140. The van der Waals surface area contributed by atoms with Crippen molar-refractivity contribution < 1.29 is 23.1 Å². The summed E-state index contributed by atoms with van der Waals surface area (Å²) < 4.78 is 31.7. The lowest BCUT2D eigenvalue weighted by molar-refractivity contribution is -0.192. The van der Waals surface area contributed by atoms with Crippen molar-refractivity contribution in [1.29, 1.82) is 0 Å². The van der Waals surface area contributed by atoms with Gasteiger partial charge in [-0.3, -0.25) is 4.90 Å². The normalized spacial score (nSPS) is 11.4. The number of nitrogens with zero attached hydrogens (tertiary/aromatic N) is 2. The molecule has 0 amide bonds. The van der Waals surface area contributed by atoms with Gasteiger partial charge in [0.25, 0.3) is 0 Å². The molecule has 0 bridgehead atoms. The van der Waals surface area contributed by atoms with Gasteiger partial charge in [0.15, 0.2) is 0 Å². The highest BCUT2D eigenvalue weighted by Gasteiger charge is 2.38. The lowest BCUT2D eigenvalue weighted by Crippen LogP contribution is -2.21. The van der Waals surface area contributed by atoms with E-state index < -0.39 is 12.1 Å². The highest BCUT2D eigenvalue weighted by Crippen LogP contribution is 2.20. The molecule has 0 radical (unpaired) electrons. The molecule has 4 aromatic rings. The number of carboxylic acids is 1. The average Bonchev–Trinajstić information content (AvgIpc) is 3.38. The molecule has 6 nitrogen and oxygen atoms in total. The van der Waals surface area contributed by atoms with Gasteiger partial charge in [0.1, 0.15) is 5.82 Å². The zero-order valence-electron chi connectivity index (χ0n) is 16.6. The van der Waals surface area contributed by atoms with Crippen LogP contribution in [0.25, 0.3) is 22.2 Å². The molecule has 9 heteroatoms. The number of para-hydroxylation sites is 1. The predicted molar refractivity (Wildman–Crippen MR) is 111 cm³/mol. The van der Waals surface area contributed by atoms with Crippen molar-refractivity contribution in [2.24, 2.45) is 0 Å². The van der Waals surface area contributed by atoms with Crippen molar-refractivity contribution in [3.63, 3.8) is 0 Å². The third kappa shape index (κ3) is 5.95. The molecule has 4 rings (SSSR count). The van der Waals surface area contributed by atoms with Gasteiger partial charge in [-0.1, -0.05) is 48.5 Å². The van der Waals surface area contributed by atoms with Crippen LogP contribution in [0.5, 0.6) is 0 Å². The van der Waals surface area contributed by atoms with E-state index in [0.29, 0.717) is 0 Å². The number of imidazole rings is 1. The Hall–Kier alpha value is -3.59. The number of aromatic amines is 2. The molecule has 0 saturated carbocycles. The minimum Gasteiger partial charge on any atom is -0.475 e. The third-order valence-corrected chi connectivity index (χ3v) is 4.49. The summed E-state index contributed by atoms with van der Waals surface area (Å²) in [6.45, 7) is 1.66. The second-order valence-corrected chi connectivity index (χ2v) is 6.94. The van der Waals surface area contributed by atoms with Crippen LogP contribution in [-0.2, 0) is 17.9 Å². The number of nitrogens with one attached hydrogen (secondary N) is 2. The number of benzene rings is 2. The average molecular weight is 430 g/mol. The summed E-state index contributed by atoms with van der Waals surface area (Å²) in [5.41, 5.74) is 4.74. The summed E-state index contributed by atoms with van der Waals surface area (Å²) in [7, 11) is 2.12. The van der Waals surface area contributed by atoms with Gasteiger partial charge in [0, 0.05) is 18.3 Å². The Kier molecular flexibility index (Phi) is 6.76. The molecular formula is C22H21F3N4O2. The fourth-order valence-corrected chi connectivity index (χ4v) is 3.09. The van der Waals surface area contributed by atoms with Crippen LogP contribution >= 0.6 is 0 Å². The first kappa shape index (κ1) is 22.1. The van der Waals surface area contributed by atoms with Gasteiger partial charge in [-0.2, -0.15) is 13.2 Å². The van der Waals surface area contributed by atoms with Crippen molar-refractivity contribution in [2.75, 3.05) is 7.05 Å². The van der Waals surface area contributed by atoms with E-state index in [1.54, 1.807) is 0 Å². The van der Waals surface area contributed by atoms with Gasteiger partial charge < -0.3 is 15.1 Å². The molecule has 0 unspecified atom stereocenters. The van der Waals surface area contributed by atoms with E-state index in [-0.39, 0.29) is 0 Å². The highest BCUT2D eigenvalue weighted by molar-refractivity contribution is 5.82. The van der Waals surface area contributed by atoms with Gasteiger partial charge in [-0.25, -0.2) is 9.78 Å². The fraction of sp³-hybridized carbons (Fsp3) is 0.182. The Morgan fingerprint density at radius 3 is 2.45 bits per heavy atom. The van der Waals surface area contributed by atoms with Gasteiger partial charge in [0.2, 0.25) is 0 Å². The number of hydrogen-bond donors (Lipinski definition) is 3. The standard InChI is InChI=1S/C20H20N4.C2HF3O2/c1-24(13-17-9-5-8-16-10-11-21-20(16)17)14-19-22-12-18(23-19)15-6-3-2-4-7-15;3-2(4,5)1(6)7/h2-12,21H,13-14H2,1H3,(H,22,23);(H,6,7). The zero-order valence-corrected chi connectivity index (χ0v) is 16.6. The van der Waals surface area contributed by atoms with Gasteiger partial charge in [-0.15, -0.1) is 0 Å². The summed E-state index contributed by atoms with van der Waals surface area (Å²) in [4.78, 5) is 22.4. The maximum Gasteiger partial charge on any atom is 0.490 e. The maximum absolute atomic E-state index is 10.6. The molecule has 3 N–H and O–H groups in total. The zero-order chi connectivity index (χ0) is 22.4.